The number of pyridine rings is 1. The summed E-state index contributed by atoms with van der Waals surface area (Å²) in [6, 6.07) is 13.9. The lowest BCUT2D eigenvalue weighted by Gasteiger charge is -1.78. The Balaban J connectivity index is 0.000000750. The van der Waals surface area contributed by atoms with Gasteiger partial charge in [-0.05, 0) is 12.1 Å². The van der Waals surface area contributed by atoms with E-state index >= 15 is 0 Å². The molecule has 0 amide bonds. The molecule has 0 saturated carbocycles. The number of nitrogens with zero attached hydrogens (tertiary/aromatic N) is 1. The van der Waals surface area contributed by atoms with E-state index < -0.39 is 0 Å². The molecule has 0 aliphatic carbocycles. The van der Waals surface area contributed by atoms with E-state index in [0.717, 1.165) is 16.8 Å². The van der Waals surface area contributed by atoms with Gasteiger partial charge in [-0.25, -0.2) is 0 Å². The summed E-state index contributed by atoms with van der Waals surface area (Å²) < 4.78 is 7.65. The summed E-state index contributed by atoms with van der Waals surface area (Å²) in [5, 5.41) is 0. The van der Waals surface area contributed by atoms with Gasteiger partial charge >= 0.3 is 5.71 Å². The molecule has 0 aliphatic rings. The van der Waals surface area contributed by atoms with Crippen molar-refractivity contribution in [3.63, 3.8) is 0 Å². The normalized spacial score (nSPS) is 10.3. The Labute approximate surface area is 91.5 Å². The smallest absolute Gasteiger partial charge is 0.379 e. The van der Waals surface area contributed by atoms with Crippen LogP contribution in [0.3, 0.4) is 0 Å². The van der Waals surface area contributed by atoms with Gasteiger partial charge in [0.15, 0.2) is 6.20 Å². The van der Waals surface area contributed by atoms with Gasteiger partial charge in [-0.1, -0.05) is 12.1 Å². The summed E-state index contributed by atoms with van der Waals surface area (Å²) in [5.74, 6) is 0. The van der Waals surface area contributed by atoms with E-state index in [2.05, 4.69) is 0 Å². The maximum atomic E-state index is 5.62. The molecule has 14 heavy (non-hydrogen) atoms. The topological polar surface area (TPSA) is 17.2 Å². The van der Waals surface area contributed by atoms with Crippen molar-refractivity contribution in [1.29, 1.82) is 0 Å². The second-order valence-electron chi connectivity index (χ2n) is 2.98. The number of oxazole rings is 1. The fourth-order valence-corrected chi connectivity index (χ4v) is 1.56. The van der Waals surface area contributed by atoms with Gasteiger partial charge in [-0.2, -0.15) is 0 Å². The Kier molecular flexibility index (Phi) is 2.25. The van der Waals surface area contributed by atoms with E-state index in [4.69, 9.17) is 4.42 Å². The second kappa shape index (κ2) is 3.42. The fourth-order valence-electron chi connectivity index (χ4n) is 1.56. The summed E-state index contributed by atoms with van der Waals surface area (Å²) in [7, 11) is 0. The molecule has 3 aromatic rings. The SMILES string of the molecule is [Br-].c1ccc2c(c1)oc1cccc[n+]12. The van der Waals surface area contributed by atoms with E-state index in [-0.39, 0.29) is 17.0 Å². The standard InChI is InChI=1S/C11H8NO.BrH/c1-2-6-10-9(5-1)12-8-4-3-7-11(12)13-10;/h1-8H;1H/q+1;/p-1. The van der Waals surface area contributed by atoms with Crippen molar-refractivity contribution in [2.75, 3.05) is 0 Å². The third kappa shape index (κ3) is 1.21. The number of hydrogen-bond acceptors (Lipinski definition) is 1. The van der Waals surface area contributed by atoms with Gasteiger partial charge in [0.05, 0.1) is 6.07 Å². The van der Waals surface area contributed by atoms with Crippen LogP contribution in [0.4, 0.5) is 0 Å². The summed E-state index contributed by atoms with van der Waals surface area (Å²) >= 11 is 0. The molecule has 0 bridgehead atoms. The molecule has 2 heterocycles. The number of hydrogen-bond donors (Lipinski definition) is 0. The zero-order chi connectivity index (χ0) is 8.67. The van der Waals surface area contributed by atoms with Crippen molar-refractivity contribution in [3.05, 3.63) is 48.7 Å². The van der Waals surface area contributed by atoms with Crippen molar-refractivity contribution in [2.45, 2.75) is 0 Å². The largest absolute Gasteiger partial charge is 1.00 e. The molecule has 0 radical (unpaired) electrons. The first kappa shape index (κ1) is 9.21. The summed E-state index contributed by atoms with van der Waals surface area (Å²) in [6.45, 7) is 0. The highest BCUT2D eigenvalue weighted by Crippen LogP contribution is 2.12. The first-order valence-corrected chi connectivity index (χ1v) is 4.23. The van der Waals surface area contributed by atoms with E-state index in [9.17, 15) is 0 Å². The van der Waals surface area contributed by atoms with Crippen LogP contribution in [0.2, 0.25) is 0 Å². The van der Waals surface area contributed by atoms with E-state index in [1.165, 1.54) is 0 Å². The average molecular weight is 250 g/mol. The number of benzene rings is 1. The Morgan fingerprint density at radius 1 is 0.929 bits per heavy atom. The monoisotopic (exact) mass is 249 g/mol. The van der Waals surface area contributed by atoms with E-state index in [1.807, 2.05) is 53.1 Å². The molecule has 0 saturated heterocycles. The summed E-state index contributed by atoms with van der Waals surface area (Å²) in [5.41, 5.74) is 2.91. The van der Waals surface area contributed by atoms with E-state index in [0.29, 0.717) is 0 Å². The molecule has 2 nitrogen and oxygen atoms in total. The van der Waals surface area contributed by atoms with Crippen LogP contribution in [0, 0.1) is 0 Å². The lowest BCUT2D eigenvalue weighted by molar-refractivity contribution is -0.485. The van der Waals surface area contributed by atoms with Crippen LogP contribution in [0.1, 0.15) is 0 Å². The van der Waals surface area contributed by atoms with Crippen LogP contribution in [0.15, 0.2) is 53.1 Å². The number of para-hydroxylation sites is 2. The van der Waals surface area contributed by atoms with Gasteiger partial charge < -0.3 is 21.4 Å². The van der Waals surface area contributed by atoms with Crippen molar-refractivity contribution in [1.82, 2.24) is 0 Å². The van der Waals surface area contributed by atoms with Crippen molar-refractivity contribution >= 4 is 16.8 Å². The van der Waals surface area contributed by atoms with Gasteiger partial charge in [0.2, 0.25) is 5.58 Å². The van der Waals surface area contributed by atoms with Crippen LogP contribution in [-0.4, -0.2) is 0 Å². The minimum atomic E-state index is 0. The predicted octanol–water partition coefficient (Wildman–Crippen LogP) is -0.824. The maximum Gasteiger partial charge on any atom is 0.379 e. The molecule has 0 N–H and O–H groups in total. The summed E-state index contributed by atoms with van der Waals surface area (Å²) in [4.78, 5) is 0. The quantitative estimate of drug-likeness (QED) is 0.476. The van der Waals surface area contributed by atoms with E-state index in [1.54, 1.807) is 0 Å². The zero-order valence-corrected chi connectivity index (χ0v) is 8.94. The van der Waals surface area contributed by atoms with Crippen LogP contribution in [-0.2, 0) is 0 Å². The molecule has 0 fully saturated rings. The van der Waals surface area contributed by atoms with Crippen molar-refractivity contribution < 1.29 is 25.8 Å². The minimum absolute atomic E-state index is 0. The fraction of sp³-hybridized carbons (Fsp3) is 0. The van der Waals surface area contributed by atoms with Crippen LogP contribution < -0.4 is 21.4 Å². The lowest BCUT2D eigenvalue weighted by atomic mass is 10.3. The van der Waals surface area contributed by atoms with Crippen LogP contribution in [0.5, 0.6) is 0 Å². The molecular formula is C11H8BrNO. The molecule has 70 valence electrons. The van der Waals surface area contributed by atoms with Gasteiger partial charge in [-0.15, -0.1) is 4.40 Å². The molecule has 3 rings (SSSR count). The molecule has 0 unspecified atom stereocenters. The lowest BCUT2D eigenvalue weighted by Crippen LogP contribution is -3.00. The van der Waals surface area contributed by atoms with Gasteiger partial charge in [0, 0.05) is 12.1 Å². The van der Waals surface area contributed by atoms with Crippen LogP contribution >= 0.6 is 0 Å². The molecule has 0 atom stereocenters. The molecule has 3 heteroatoms. The van der Waals surface area contributed by atoms with Gasteiger partial charge in [0.25, 0.3) is 5.52 Å². The average Bonchev–Trinajstić information content (AvgIpc) is 2.56. The second-order valence-corrected chi connectivity index (χ2v) is 2.98. The molecule has 1 aromatic carbocycles. The molecular weight excluding hydrogens is 242 g/mol. The van der Waals surface area contributed by atoms with Crippen molar-refractivity contribution in [2.24, 2.45) is 0 Å². The first-order valence-electron chi connectivity index (χ1n) is 4.23. The zero-order valence-electron chi connectivity index (χ0n) is 7.35. The number of fused-ring (bicyclic) bond motifs is 3. The number of halogens is 1. The number of rotatable bonds is 0. The Bertz CT molecular complexity index is 523. The highest BCUT2D eigenvalue weighted by atomic mass is 79.9. The Morgan fingerprint density at radius 2 is 1.71 bits per heavy atom. The predicted molar refractivity (Wildman–Crippen MR) is 49.4 cm³/mol. The molecule has 0 spiro atoms. The highest BCUT2D eigenvalue weighted by Gasteiger charge is 2.12. The first-order chi connectivity index (χ1) is 6.45. The van der Waals surface area contributed by atoms with Crippen LogP contribution in [0.25, 0.3) is 16.8 Å². The minimum Gasteiger partial charge on any atom is -1.00 e. The molecule has 0 aliphatic heterocycles. The van der Waals surface area contributed by atoms with Crippen molar-refractivity contribution in [3.8, 4) is 0 Å². The Hall–Kier alpha value is -1.35. The van der Waals surface area contributed by atoms with Gasteiger partial charge in [0.1, 0.15) is 0 Å². The van der Waals surface area contributed by atoms with Gasteiger partial charge in [-0.3, -0.25) is 0 Å². The summed E-state index contributed by atoms with van der Waals surface area (Å²) in [6.07, 6.45) is 2.00. The molecule has 2 aromatic heterocycles. The number of aromatic nitrogens is 1. The third-order valence-electron chi connectivity index (χ3n) is 2.16. The Morgan fingerprint density at radius 3 is 2.64 bits per heavy atom. The highest BCUT2D eigenvalue weighted by molar-refractivity contribution is 5.70. The maximum absolute atomic E-state index is 5.62. The third-order valence-corrected chi connectivity index (χ3v) is 2.16.